The maximum atomic E-state index is 12.8. The topological polar surface area (TPSA) is 51.0 Å². The van der Waals surface area contributed by atoms with Gasteiger partial charge in [-0.15, -0.1) is 0 Å². The van der Waals surface area contributed by atoms with Gasteiger partial charge in [0.2, 0.25) is 6.39 Å². The third kappa shape index (κ3) is 3.18. The zero-order chi connectivity index (χ0) is 12.3. The summed E-state index contributed by atoms with van der Waals surface area (Å²) in [5.41, 5.74) is 0. The van der Waals surface area contributed by atoms with Crippen molar-refractivity contribution in [1.82, 2.24) is 15.5 Å². The van der Waals surface area contributed by atoms with Crippen LogP contribution < -0.4 is 5.32 Å². The van der Waals surface area contributed by atoms with Gasteiger partial charge in [-0.2, -0.15) is 18.2 Å². The lowest BCUT2D eigenvalue weighted by molar-refractivity contribution is -0.189. The quantitative estimate of drug-likeness (QED) is 0.892. The number of rotatable bonds is 3. The first-order valence-electron chi connectivity index (χ1n) is 5.62. The van der Waals surface area contributed by atoms with Crippen molar-refractivity contribution in [1.29, 1.82) is 0 Å². The Morgan fingerprint density at radius 3 is 2.76 bits per heavy atom. The molecule has 1 fully saturated rings. The van der Waals surface area contributed by atoms with Crippen LogP contribution >= 0.6 is 0 Å². The maximum absolute atomic E-state index is 12.8. The van der Waals surface area contributed by atoms with E-state index in [1.807, 2.05) is 0 Å². The molecule has 0 saturated heterocycles. The van der Waals surface area contributed by atoms with Gasteiger partial charge in [-0.25, -0.2) is 0 Å². The zero-order valence-electron chi connectivity index (χ0n) is 9.20. The maximum Gasteiger partial charge on any atom is 0.393 e. The van der Waals surface area contributed by atoms with E-state index in [0.29, 0.717) is 18.7 Å². The van der Waals surface area contributed by atoms with E-state index in [2.05, 4.69) is 20.0 Å². The molecule has 0 spiro atoms. The average Bonchev–Trinajstić information content (AvgIpc) is 2.78. The van der Waals surface area contributed by atoms with Gasteiger partial charge >= 0.3 is 6.18 Å². The van der Waals surface area contributed by atoms with Gasteiger partial charge in [-0.3, -0.25) is 0 Å². The molecule has 1 aliphatic carbocycles. The van der Waals surface area contributed by atoms with Crippen molar-refractivity contribution < 1.29 is 17.7 Å². The summed E-state index contributed by atoms with van der Waals surface area (Å²) in [5.74, 6) is -0.875. The predicted molar refractivity (Wildman–Crippen MR) is 52.9 cm³/mol. The summed E-state index contributed by atoms with van der Waals surface area (Å²) in [5, 5.41) is 6.43. The average molecular weight is 249 g/mol. The Balaban J connectivity index is 1.92. The van der Waals surface area contributed by atoms with Gasteiger partial charge in [0.05, 0.1) is 12.5 Å². The number of nitrogens with zero attached hydrogens (tertiary/aromatic N) is 2. The fourth-order valence-electron chi connectivity index (χ4n) is 2.26. The zero-order valence-corrected chi connectivity index (χ0v) is 9.20. The van der Waals surface area contributed by atoms with E-state index in [-0.39, 0.29) is 13.0 Å². The fraction of sp³-hybridized carbons (Fsp3) is 0.800. The molecule has 0 aliphatic heterocycles. The minimum Gasteiger partial charge on any atom is -0.343 e. The van der Waals surface area contributed by atoms with E-state index in [1.54, 1.807) is 0 Å². The molecule has 1 N–H and O–H groups in total. The summed E-state index contributed by atoms with van der Waals surface area (Å²) in [6.07, 6.45) is -0.745. The highest BCUT2D eigenvalue weighted by molar-refractivity contribution is 4.87. The Morgan fingerprint density at radius 1 is 1.35 bits per heavy atom. The minimum atomic E-state index is -4.13. The highest BCUT2D eigenvalue weighted by Gasteiger charge is 2.45. The molecule has 7 heteroatoms. The van der Waals surface area contributed by atoms with Crippen LogP contribution in [0.5, 0.6) is 0 Å². The second kappa shape index (κ2) is 5.03. The van der Waals surface area contributed by atoms with Gasteiger partial charge in [0.1, 0.15) is 0 Å². The molecule has 0 radical (unpaired) electrons. The van der Waals surface area contributed by atoms with Crippen LogP contribution in [0.4, 0.5) is 13.2 Å². The summed E-state index contributed by atoms with van der Waals surface area (Å²) in [4.78, 5) is 3.77. The number of alkyl halides is 3. The van der Waals surface area contributed by atoms with Crippen LogP contribution in [-0.2, 0) is 6.54 Å². The van der Waals surface area contributed by atoms with E-state index in [4.69, 9.17) is 0 Å². The SMILES string of the molecule is FC(F)(F)C1CCCCC1NCc1ncon1. The van der Waals surface area contributed by atoms with Crippen LogP contribution in [0.3, 0.4) is 0 Å². The van der Waals surface area contributed by atoms with Crippen molar-refractivity contribution in [2.24, 2.45) is 5.92 Å². The molecule has 0 bridgehead atoms. The molecule has 1 heterocycles. The normalized spacial score (nSPS) is 26.1. The number of aromatic nitrogens is 2. The minimum absolute atomic E-state index is 0.202. The predicted octanol–water partition coefficient (Wildman–Crippen LogP) is 2.28. The van der Waals surface area contributed by atoms with Gasteiger partial charge in [0, 0.05) is 6.04 Å². The number of hydrogen-bond acceptors (Lipinski definition) is 4. The molecule has 1 aromatic rings. The third-order valence-electron chi connectivity index (χ3n) is 3.12. The molecule has 1 saturated carbocycles. The lowest BCUT2D eigenvalue weighted by atomic mass is 9.84. The van der Waals surface area contributed by atoms with Crippen LogP contribution in [0.2, 0.25) is 0 Å². The number of hydrogen-bond donors (Lipinski definition) is 1. The van der Waals surface area contributed by atoms with Crippen LogP contribution in [0, 0.1) is 5.92 Å². The van der Waals surface area contributed by atoms with Crippen LogP contribution in [-0.4, -0.2) is 22.4 Å². The molecule has 4 nitrogen and oxygen atoms in total. The van der Waals surface area contributed by atoms with Gasteiger partial charge in [-0.1, -0.05) is 18.0 Å². The lowest BCUT2D eigenvalue weighted by Crippen LogP contribution is -2.45. The van der Waals surface area contributed by atoms with Crippen molar-refractivity contribution in [2.45, 2.75) is 44.4 Å². The second-order valence-electron chi connectivity index (χ2n) is 4.27. The first-order chi connectivity index (χ1) is 8.07. The molecule has 2 unspecified atom stereocenters. The van der Waals surface area contributed by atoms with E-state index >= 15 is 0 Å². The molecule has 96 valence electrons. The highest BCUT2D eigenvalue weighted by atomic mass is 19.4. The molecule has 0 amide bonds. The molecular formula is C10H14F3N3O. The van der Waals surface area contributed by atoms with Gasteiger partial charge < -0.3 is 9.84 Å². The van der Waals surface area contributed by atoms with Crippen molar-refractivity contribution in [3.63, 3.8) is 0 Å². The molecule has 1 aliphatic rings. The van der Waals surface area contributed by atoms with Crippen molar-refractivity contribution in [3.8, 4) is 0 Å². The Bertz CT molecular complexity index is 339. The van der Waals surface area contributed by atoms with Crippen LogP contribution in [0.1, 0.15) is 31.5 Å². The van der Waals surface area contributed by atoms with Gasteiger partial charge in [0.25, 0.3) is 0 Å². The van der Waals surface area contributed by atoms with E-state index in [1.165, 1.54) is 6.39 Å². The van der Waals surface area contributed by atoms with Crippen molar-refractivity contribution >= 4 is 0 Å². The summed E-state index contributed by atoms with van der Waals surface area (Å²) in [6, 6.07) is -0.540. The summed E-state index contributed by atoms with van der Waals surface area (Å²) < 4.78 is 42.8. The number of nitrogens with one attached hydrogen (secondary N) is 1. The molecule has 2 atom stereocenters. The monoisotopic (exact) mass is 249 g/mol. The standard InChI is InChI=1S/C10H14F3N3O/c11-10(12,13)7-3-1-2-4-8(7)14-5-9-15-6-17-16-9/h6-8,14H,1-5H2. The summed E-state index contributed by atoms with van der Waals surface area (Å²) in [7, 11) is 0. The molecule has 1 aromatic heterocycles. The summed E-state index contributed by atoms with van der Waals surface area (Å²) >= 11 is 0. The van der Waals surface area contributed by atoms with Crippen molar-refractivity contribution in [2.75, 3.05) is 0 Å². The van der Waals surface area contributed by atoms with E-state index < -0.39 is 18.1 Å². The Hall–Kier alpha value is -1.11. The van der Waals surface area contributed by atoms with Crippen LogP contribution in [0.25, 0.3) is 0 Å². The molecule has 17 heavy (non-hydrogen) atoms. The molecule has 2 rings (SSSR count). The highest BCUT2D eigenvalue weighted by Crippen LogP contribution is 2.37. The van der Waals surface area contributed by atoms with Crippen LogP contribution in [0.15, 0.2) is 10.9 Å². The Morgan fingerprint density at radius 2 is 2.12 bits per heavy atom. The van der Waals surface area contributed by atoms with E-state index in [9.17, 15) is 13.2 Å². The lowest BCUT2D eigenvalue weighted by Gasteiger charge is -2.33. The largest absolute Gasteiger partial charge is 0.393 e. The van der Waals surface area contributed by atoms with E-state index in [0.717, 1.165) is 6.42 Å². The third-order valence-corrected chi connectivity index (χ3v) is 3.12. The molecule has 0 aromatic carbocycles. The van der Waals surface area contributed by atoms with Gasteiger partial charge in [0.15, 0.2) is 5.82 Å². The Kier molecular flexibility index (Phi) is 3.66. The fourth-order valence-corrected chi connectivity index (χ4v) is 2.26. The van der Waals surface area contributed by atoms with Crippen molar-refractivity contribution in [3.05, 3.63) is 12.2 Å². The Labute approximate surface area is 96.6 Å². The number of halogens is 3. The first kappa shape index (κ1) is 12.3. The second-order valence-corrected chi connectivity index (χ2v) is 4.27. The molecular weight excluding hydrogens is 235 g/mol. The van der Waals surface area contributed by atoms with Gasteiger partial charge in [-0.05, 0) is 12.8 Å². The summed E-state index contributed by atoms with van der Waals surface area (Å²) in [6.45, 7) is 0.216. The smallest absolute Gasteiger partial charge is 0.343 e. The first-order valence-corrected chi connectivity index (χ1v) is 5.62.